The number of rotatable bonds is 8. The minimum absolute atomic E-state index is 0.0201. The highest BCUT2D eigenvalue weighted by Crippen LogP contribution is 2.26. The largest absolute Gasteiger partial charge is 0.339 e. The highest BCUT2D eigenvalue weighted by molar-refractivity contribution is 7.92. The topological polar surface area (TPSA) is 95.6 Å². The van der Waals surface area contributed by atoms with Gasteiger partial charge in [0.15, 0.2) is 0 Å². The first-order valence-electron chi connectivity index (χ1n) is 10.7. The van der Waals surface area contributed by atoms with E-state index in [0.717, 1.165) is 5.56 Å². The molecule has 0 aliphatic rings. The van der Waals surface area contributed by atoms with Crippen molar-refractivity contribution in [2.75, 3.05) is 23.1 Å². The number of nitrogens with zero attached hydrogens (tertiary/aromatic N) is 1. The number of hydrogen-bond donors (Lipinski definition) is 2. The molecule has 0 atom stereocenters. The van der Waals surface area contributed by atoms with E-state index in [1.165, 1.54) is 18.2 Å². The van der Waals surface area contributed by atoms with Gasteiger partial charge < -0.3 is 10.2 Å². The zero-order valence-electron chi connectivity index (χ0n) is 19.1. The third-order valence-electron chi connectivity index (χ3n) is 5.24. The van der Waals surface area contributed by atoms with E-state index in [1.54, 1.807) is 53.4 Å². The Kier molecular flexibility index (Phi) is 7.96. The van der Waals surface area contributed by atoms with Gasteiger partial charge in [0.1, 0.15) is 4.90 Å². The number of benzene rings is 3. The van der Waals surface area contributed by atoms with Gasteiger partial charge in [0, 0.05) is 24.3 Å². The van der Waals surface area contributed by atoms with Gasteiger partial charge in [0.05, 0.1) is 16.3 Å². The molecule has 3 aromatic carbocycles. The number of sulfonamides is 1. The molecule has 0 aliphatic carbocycles. The Hall–Kier alpha value is -3.36. The first-order chi connectivity index (χ1) is 16.2. The quantitative estimate of drug-likeness (QED) is 0.446. The van der Waals surface area contributed by atoms with Gasteiger partial charge in [-0.05, 0) is 63.2 Å². The third kappa shape index (κ3) is 5.76. The highest BCUT2D eigenvalue weighted by atomic mass is 35.5. The standard InChI is InChI=1S/C25H26ClN3O4S/c1-4-29(5-2)25(31)20-8-6-7-9-22(20)27-24(30)18-12-15-21(26)23(16-18)34(32,33)28-19-13-10-17(3)11-14-19/h6-16,28H,4-5H2,1-3H3,(H,27,30). The van der Waals surface area contributed by atoms with Crippen LogP contribution in [0.2, 0.25) is 5.02 Å². The van der Waals surface area contributed by atoms with Gasteiger partial charge in [0.2, 0.25) is 0 Å². The number of anilines is 2. The molecule has 9 heteroatoms. The van der Waals surface area contributed by atoms with Crippen molar-refractivity contribution in [3.63, 3.8) is 0 Å². The Balaban J connectivity index is 1.89. The van der Waals surface area contributed by atoms with Crippen LogP contribution < -0.4 is 10.0 Å². The molecule has 0 unspecified atom stereocenters. The second kappa shape index (κ2) is 10.7. The second-order valence-corrected chi connectivity index (χ2v) is 9.65. The molecule has 0 heterocycles. The summed E-state index contributed by atoms with van der Waals surface area (Å²) in [5.41, 5.74) is 2.13. The molecule has 0 bridgehead atoms. The second-order valence-electron chi connectivity index (χ2n) is 7.59. The van der Waals surface area contributed by atoms with Crippen LogP contribution in [0.15, 0.2) is 71.6 Å². The number of nitrogens with one attached hydrogen (secondary N) is 2. The number of hydrogen-bond acceptors (Lipinski definition) is 4. The fourth-order valence-corrected chi connectivity index (χ4v) is 4.92. The van der Waals surface area contributed by atoms with Crippen LogP contribution in [0.4, 0.5) is 11.4 Å². The lowest BCUT2D eigenvalue weighted by atomic mass is 10.1. The van der Waals surface area contributed by atoms with Crippen LogP contribution in [0.25, 0.3) is 0 Å². The molecule has 0 saturated carbocycles. The summed E-state index contributed by atoms with van der Waals surface area (Å²) in [6.07, 6.45) is 0. The average Bonchev–Trinajstić information content (AvgIpc) is 2.81. The van der Waals surface area contributed by atoms with Crippen molar-refractivity contribution in [1.82, 2.24) is 4.90 Å². The molecule has 2 amide bonds. The summed E-state index contributed by atoms with van der Waals surface area (Å²) in [6, 6.07) is 17.5. The van der Waals surface area contributed by atoms with Crippen LogP contribution in [0, 0.1) is 6.92 Å². The molecule has 0 radical (unpaired) electrons. The molecule has 2 N–H and O–H groups in total. The fraction of sp³-hybridized carbons (Fsp3) is 0.200. The lowest BCUT2D eigenvalue weighted by Gasteiger charge is -2.20. The maximum Gasteiger partial charge on any atom is 0.263 e. The first kappa shape index (κ1) is 25.3. The Morgan fingerprint density at radius 1 is 0.941 bits per heavy atom. The Morgan fingerprint density at radius 2 is 1.59 bits per heavy atom. The Morgan fingerprint density at radius 3 is 2.24 bits per heavy atom. The molecule has 0 spiro atoms. The normalized spacial score (nSPS) is 11.1. The van der Waals surface area contributed by atoms with E-state index in [-0.39, 0.29) is 21.4 Å². The monoisotopic (exact) mass is 499 g/mol. The van der Waals surface area contributed by atoms with E-state index < -0.39 is 15.9 Å². The maximum atomic E-state index is 13.0. The summed E-state index contributed by atoms with van der Waals surface area (Å²) in [7, 11) is -4.05. The summed E-state index contributed by atoms with van der Waals surface area (Å²) in [4.78, 5) is 27.3. The molecule has 0 aliphatic heterocycles. The predicted octanol–water partition coefficient (Wildman–Crippen LogP) is 5.18. The summed E-state index contributed by atoms with van der Waals surface area (Å²) >= 11 is 6.17. The number of para-hydroxylation sites is 1. The van der Waals surface area contributed by atoms with Crippen molar-refractivity contribution in [3.05, 3.63) is 88.4 Å². The molecule has 7 nitrogen and oxygen atoms in total. The van der Waals surface area contributed by atoms with Gasteiger partial charge in [-0.15, -0.1) is 0 Å². The highest BCUT2D eigenvalue weighted by Gasteiger charge is 2.22. The van der Waals surface area contributed by atoms with E-state index in [0.29, 0.717) is 30.0 Å². The van der Waals surface area contributed by atoms with Gasteiger partial charge in [-0.2, -0.15) is 0 Å². The lowest BCUT2D eigenvalue weighted by molar-refractivity contribution is 0.0774. The van der Waals surface area contributed by atoms with Crippen LogP contribution in [0.3, 0.4) is 0 Å². The number of aryl methyl sites for hydroxylation is 1. The van der Waals surface area contributed by atoms with Crippen molar-refractivity contribution in [2.45, 2.75) is 25.7 Å². The number of halogens is 1. The fourth-order valence-electron chi connectivity index (χ4n) is 3.34. The summed E-state index contributed by atoms with van der Waals surface area (Å²) in [5.74, 6) is -0.772. The van der Waals surface area contributed by atoms with Crippen LogP contribution in [-0.4, -0.2) is 38.2 Å². The zero-order chi connectivity index (χ0) is 24.9. The van der Waals surface area contributed by atoms with E-state index in [2.05, 4.69) is 10.0 Å². The SMILES string of the molecule is CCN(CC)C(=O)c1ccccc1NC(=O)c1ccc(Cl)c(S(=O)(=O)Nc2ccc(C)cc2)c1. The molecule has 0 aromatic heterocycles. The van der Waals surface area contributed by atoms with Crippen molar-refractivity contribution < 1.29 is 18.0 Å². The molecule has 3 rings (SSSR count). The molecule has 3 aromatic rings. The molecule has 178 valence electrons. The number of amides is 2. The molecular weight excluding hydrogens is 474 g/mol. The molecule has 34 heavy (non-hydrogen) atoms. The van der Waals surface area contributed by atoms with Crippen molar-refractivity contribution >= 4 is 44.8 Å². The van der Waals surface area contributed by atoms with Crippen molar-refractivity contribution in [3.8, 4) is 0 Å². The van der Waals surface area contributed by atoms with Gasteiger partial charge >= 0.3 is 0 Å². The summed E-state index contributed by atoms with van der Waals surface area (Å²) in [6.45, 7) is 6.71. The zero-order valence-corrected chi connectivity index (χ0v) is 20.7. The van der Waals surface area contributed by atoms with E-state index in [4.69, 9.17) is 11.6 Å². The Labute approximate surface area is 204 Å². The number of carbonyl (C=O) groups is 2. The maximum absolute atomic E-state index is 13.0. The van der Waals surface area contributed by atoms with E-state index in [9.17, 15) is 18.0 Å². The average molecular weight is 500 g/mol. The lowest BCUT2D eigenvalue weighted by Crippen LogP contribution is -2.31. The number of carbonyl (C=O) groups excluding carboxylic acids is 2. The van der Waals surface area contributed by atoms with Gasteiger partial charge in [-0.3, -0.25) is 14.3 Å². The van der Waals surface area contributed by atoms with Crippen molar-refractivity contribution in [1.29, 1.82) is 0 Å². The van der Waals surface area contributed by atoms with Gasteiger partial charge in [-0.25, -0.2) is 8.42 Å². The molecule has 0 saturated heterocycles. The van der Waals surface area contributed by atoms with Crippen LogP contribution in [0.1, 0.15) is 40.1 Å². The molecule has 0 fully saturated rings. The predicted molar refractivity (Wildman–Crippen MR) is 135 cm³/mol. The first-order valence-corrected chi connectivity index (χ1v) is 12.6. The smallest absolute Gasteiger partial charge is 0.263 e. The van der Waals surface area contributed by atoms with Crippen LogP contribution in [0.5, 0.6) is 0 Å². The van der Waals surface area contributed by atoms with E-state index >= 15 is 0 Å². The van der Waals surface area contributed by atoms with Crippen molar-refractivity contribution in [2.24, 2.45) is 0 Å². The minimum Gasteiger partial charge on any atom is -0.339 e. The summed E-state index contributed by atoms with van der Waals surface area (Å²) < 4.78 is 28.4. The van der Waals surface area contributed by atoms with E-state index in [1.807, 2.05) is 20.8 Å². The molecular formula is C25H26ClN3O4S. The minimum atomic E-state index is -4.05. The Bertz CT molecular complexity index is 1300. The third-order valence-corrected chi connectivity index (χ3v) is 7.11. The van der Waals surface area contributed by atoms with Gasteiger partial charge in [-0.1, -0.05) is 41.4 Å². The van der Waals surface area contributed by atoms with Crippen LogP contribution in [-0.2, 0) is 10.0 Å². The van der Waals surface area contributed by atoms with Gasteiger partial charge in [0.25, 0.3) is 21.8 Å². The van der Waals surface area contributed by atoms with Crippen LogP contribution >= 0.6 is 11.6 Å². The summed E-state index contributed by atoms with van der Waals surface area (Å²) in [5, 5.41) is 2.70.